The second-order valence-corrected chi connectivity index (χ2v) is 7.84. The molecule has 1 unspecified atom stereocenters. The predicted octanol–water partition coefficient (Wildman–Crippen LogP) is 2.47. The van der Waals surface area contributed by atoms with Crippen molar-refractivity contribution in [3.63, 3.8) is 0 Å². The quantitative estimate of drug-likeness (QED) is 0.798. The molecule has 0 aliphatic rings. The minimum Gasteiger partial charge on any atom is -0.326 e. The number of nitrogens with one attached hydrogen (secondary N) is 1. The van der Waals surface area contributed by atoms with Gasteiger partial charge in [-0.05, 0) is 40.0 Å². The van der Waals surface area contributed by atoms with E-state index in [1.807, 2.05) is 13.8 Å². The van der Waals surface area contributed by atoms with Crippen LogP contribution in [-0.2, 0) is 10.0 Å². The Hall–Kier alpha value is 0.0500. The van der Waals surface area contributed by atoms with Gasteiger partial charge < -0.3 is 5.73 Å². The van der Waals surface area contributed by atoms with E-state index in [9.17, 15) is 8.42 Å². The molecule has 0 spiro atoms. The molecule has 18 heavy (non-hydrogen) atoms. The topological polar surface area (TPSA) is 72.2 Å². The molecule has 0 aliphatic carbocycles. The zero-order valence-electron chi connectivity index (χ0n) is 10.2. The summed E-state index contributed by atoms with van der Waals surface area (Å²) >= 11 is 6.49. The average molecular weight is 400 g/mol. The van der Waals surface area contributed by atoms with Gasteiger partial charge in [-0.2, -0.15) is 0 Å². The third-order valence-corrected chi connectivity index (χ3v) is 5.46. The van der Waals surface area contributed by atoms with Gasteiger partial charge in [0, 0.05) is 21.5 Å². The number of hydrogen-bond donors (Lipinski definition) is 2. The van der Waals surface area contributed by atoms with Gasteiger partial charge in [0.25, 0.3) is 0 Å². The highest BCUT2D eigenvalue weighted by Crippen LogP contribution is 2.25. The van der Waals surface area contributed by atoms with Crippen LogP contribution in [0.5, 0.6) is 0 Å². The molecule has 7 heteroatoms. The first kappa shape index (κ1) is 16.1. The summed E-state index contributed by atoms with van der Waals surface area (Å²) in [6.45, 7) is 4.13. The molecule has 1 rings (SSSR count). The van der Waals surface area contributed by atoms with Crippen molar-refractivity contribution < 1.29 is 8.42 Å². The summed E-state index contributed by atoms with van der Waals surface area (Å²) in [5.74, 6) is 0.221. The SMILES string of the molecule is CC(C)C(N)CNS(=O)(=O)c1cc(Br)ccc1Br. The summed E-state index contributed by atoms with van der Waals surface area (Å²) in [4.78, 5) is 0.202. The minimum atomic E-state index is -3.55. The molecule has 102 valence electrons. The Morgan fingerprint density at radius 1 is 1.33 bits per heavy atom. The van der Waals surface area contributed by atoms with Gasteiger partial charge in [0.1, 0.15) is 0 Å². The number of rotatable bonds is 5. The number of hydrogen-bond acceptors (Lipinski definition) is 3. The Balaban J connectivity index is 2.90. The summed E-state index contributed by atoms with van der Waals surface area (Å²) in [6, 6.07) is 4.79. The predicted molar refractivity (Wildman–Crippen MR) is 79.8 cm³/mol. The minimum absolute atomic E-state index is 0.202. The Morgan fingerprint density at radius 2 is 1.94 bits per heavy atom. The lowest BCUT2D eigenvalue weighted by Gasteiger charge is -2.16. The lowest BCUT2D eigenvalue weighted by atomic mass is 10.1. The van der Waals surface area contributed by atoms with E-state index in [1.54, 1.807) is 18.2 Å². The molecule has 4 nitrogen and oxygen atoms in total. The van der Waals surface area contributed by atoms with Gasteiger partial charge in [0.05, 0.1) is 4.90 Å². The van der Waals surface area contributed by atoms with E-state index in [0.717, 1.165) is 0 Å². The molecule has 0 aliphatic heterocycles. The Labute approximate surface area is 125 Å². The van der Waals surface area contributed by atoms with Crippen molar-refractivity contribution in [2.75, 3.05) is 6.54 Å². The van der Waals surface area contributed by atoms with Crippen molar-refractivity contribution in [1.82, 2.24) is 4.72 Å². The maximum atomic E-state index is 12.1. The van der Waals surface area contributed by atoms with E-state index in [4.69, 9.17) is 5.73 Å². The summed E-state index contributed by atoms with van der Waals surface area (Å²) in [6.07, 6.45) is 0. The number of sulfonamides is 1. The number of benzene rings is 1. The van der Waals surface area contributed by atoms with Crippen LogP contribution in [0.15, 0.2) is 32.0 Å². The van der Waals surface area contributed by atoms with Crippen LogP contribution in [0.25, 0.3) is 0 Å². The fourth-order valence-corrected chi connectivity index (χ4v) is 3.78. The van der Waals surface area contributed by atoms with E-state index < -0.39 is 10.0 Å². The molecule has 0 aromatic heterocycles. The van der Waals surface area contributed by atoms with Crippen molar-refractivity contribution in [2.24, 2.45) is 11.7 Å². The number of nitrogens with two attached hydrogens (primary N) is 1. The highest BCUT2D eigenvalue weighted by atomic mass is 79.9. The van der Waals surface area contributed by atoms with Gasteiger partial charge in [0.2, 0.25) is 10.0 Å². The fourth-order valence-electron chi connectivity index (χ4n) is 1.20. The number of halogens is 2. The first-order valence-electron chi connectivity index (χ1n) is 5.44. The second-order valence-electron chi connectivity index (χ2n) is 4.33. The fraction of sp³-hybridized carbons (Fsp3) is 0.455. The van der Waals surface area contributed by atoms with Crippen LogP contribution in [0.2, 0.25) is 0 Å². The van der Waals surface area contributed by atoms with Crippen molar-refractivity contribution in [3.8, 4) is 0 Å². The molecule has 0 heterocycles. The summed E-state index contributed by atoms with van der Waals surface area (Å²) in [5, 5.41) is 0. The lowest BCUT2D eigenvalue weighted by Crippen LogP contribution is -2.40. The molecular formula is C11H16Br2N2O2S. The lowest BCUT2D eigenvalue weighted by molar-refractivity contribution is 0.481. The molecular weight excluding hydrogens is 384 g/mol. The highest BCUT2D eigenvalue weighted by molar-refractivity contribution is 9.11. The smallest absolute Gasteiger partial charge is 0.241 e. The molecule has 1 aromatic rings. The summed E-state index contributed by atoms with van der Waals surface area (Å²) in [5.41, 5.74) is 5.82. The maximum absolute atomic E-state index is 12.1. The molecule has 0 amide bonds. The van der Waals surface area contributed by atoms with Crippen molar-refractivity contribution in [2.45, 2.75) is 24.8 Å². The summed E-state index contributed by atoms with van der Waals surface area (Å²) in [7, 11) is -3.55. The van der Waals surface area contributed by atoms with E-state index in [1.165, 1.54) is 0 Å². The first-order valence-corrected chi connectivity index (χ1v) is 8.51. The molecule has 1 atom stereocenters. The Morgan fingerprint density at radius 3 is 2.50 bits per heavy atom. The van der Waals surface area contributed by atoms with Gasteiger partial charge in [-0.3, -0.25) is 0 Å². The van der Waals surface area contributed by atoms with E-state index in [-0.39, 0.29) is 23.4 Å². The maximum Gasteiger partial charge on any atom is 0.241 e. The normalized spacial score (nSPS) is 13.9. The standard InChI is InChI=1S/C11H16Br2N2O2S/c1-7(2)10(14)6-15-18(16,17)11-5-8(12)3-4-9(11)13/h3-5,7,10,15H,6,14H2,1-2H3. The zero-order chi connectivity index (χ0) is 13.9. The second kappa shape index (κ2) is 6.47. The molecule has 0 saturated carbocycles. The van der Waals surface area contributed by atoms with Gasteiger partial charge in [-0.15, -0.1) is 0 Å². The Kier molecular flexibility index (Phi) is 5.79. The monoisotopic (exact) mass is 398 g/mol. The van der Waals surface area contributed by atoms with Crippen LogP contribution >= 0.6 is 31.9 Å². The largest absolute Gasteiger partial charge is 0.326 e. The van der Waals surface area contributed by atoms with E-state index >= 15 is 0 Å². The van der Waals surface area contributed by atoms with Crippen molar-refractivity contribution in [3.05, 3.63) is 27.1 Å². The first-order chi connectivity index (χ1) is 8.24. The van der Waals surface area contributed by atoms with Gasteiger partial charge >= 0.3 is 0 Å². The third-order valence-electron chi connectivity index (χ3n) is 2.55. The molecule has 0 fully saturated rings. The average Bonchev–Trinajstić information content (AvgIpc) is 2.29. The van der Waals surface area contributed by atoms with E-state index in [0.29, 0.717) is 8.95 Å². The van der Waals surface area contributed by atoms with Crippen LogP contribution in [0.3, 0.4) is 0 Å². The third kappa shape index (κ3) is 4.31. The van der Waals surface area contributed by atoms with E-state index in [2.05, 4.69) is 36.6 Å². The zero-order valence-corrected chi connectivity index (χ0v) is 14.1. The van der Waals surface area contributed by atoms with Crippen LogP contribution < -0.4 is 10.5 Å². The molecule has 3 N–H and O–H groups in total. The van der Waals surface area contributed by atoms with Gasteiger partial charge in [0.15, 0.2) is 0 Å². The summed E-state index contributed by atoms with van der Waals surface area (Å²) < 4.78 is 28.0. The molecule has 1 aromatic carbocycles. The molecule has 0 saturated heterocycles. The van der Waals surface area contributed by atoms with Gasteiger partial charge in [-0.1, -0.05) is 29.8 Å². The molecule has 0 radical (unpaired) electrons. The van der Waals surface area contributed by atoms with Crippen molar-refractivity contribution in [1.29, 1.82) is 0 Å². The van der Waals surface area contributed by atoms with Crippen LogP contribution in [0, 0.1) is 5.92 Å². The van der Waals surface area contributed by atoms with Gasteiger partial charge in [-0.25, -0.2) is 13.1 Å². The van der Waals surface area contributed by atoms with Crippen LogP contribution in [0.1, 0.15) is 13.8 Å². The van der Waals surface area contributed by atoms with Crippen molar-refractivity contribution >= 4 is 41.9 Å². The van der Waals surface area contributed by atoms with Crippen LogP contribution in [-0.4, -0.2) is 21.0 Å². The Bertz CT molecular complexity index is 518. The molecule has 0 bridgehead atoms. The highest BCUT2D eigenvalue weighted by Gasteiger charge is 2.19. The van der Waals surface area contributed by atoms with Crippen LogP contribution in [0.4, 0.5) is 0 Å².